The highest BCUT2D eigenvalue weighted by Crippen LogP contribution is 2.23. The summed E-state index contributed by atoms with van der Waals surface area (Å²) in [4.78, 5) is 17.8. The summed E-state index contributed by atoms with van der Waals surface area (Å²) in [6.45, 7) is 4.53. The fourth-order valence-corrected chi connectivity index (χ4v) is 2.97. The number of carbonyl (C=O) groups is 1. The van der Waals surface area contributed by atoms with Crippen LogP contribution in [-0.4, -0.2) is 38.9 Å². The number of amides is 1. The van der Waals surface area contributed by atoms with E-state index in [1.165, 1.54) is 4.90 Å². The SMILES string of the molecule is CC#Cc1ccc2c(c1)ncn2CC[C@]1(C)CC(=O)N(C)C(=N)N1. The maximum absolute atomic E-state index is 12.0. The van der Waals surface area contributed by atoms with E-state index in [-0.39, 0.29) is 11.9 Å². The first-order chi connectivity index (χ1) is 11.4. The van der Waals surface area contributed by atoms with E-state index < -0.39 is 5.54 Å². The van der Waals surface area contributed by atoms with Gasteiger partial charge in [0, 0.05) is 24.7 Å². The first-order valence-corrected chi connectivity index (χ1v) is 7.93. The number of rotatable bonds is 3. The van der Waals surface area contributed by atoms with Crippen molar-refractivity contribution >= 4 is 22.9 Å². The van der Waals surface area contributed by atoms with Crippen LogP contribution in [0, 0.1) is 17.3 Å². The number of hydrogen-bond donors (Lipinski definition) is 2. The molecule has 0 radical (unpaired) electrons. The van der Waals surface area contributed by atoms with Gasteiger partial charge in [-0.15, -0.1) is 5.92 Å². The van der Waals surface area contributed by atoms with Crippen molar-refractivity contribution in [2.75, 3.05) is 7.05 Å². The van der Waals surface area contributed by atoms with Crippen LogP contribution in [0.3, 0.4) is 0 Å². The minimum absolute atomic E-state index is 0.0282. The van der Waals surface area contributed by atoms with Gasteiger partial charge in [0.2, 0.25) is 5.91 Å². The molecule has 124 valence electrons. The van der Waals surface area contributed by atoms with E-state index in [2.05, 4.69) is 26.7 Å². The summed E-state index contributed by atoms with van der Waals surface area (Å²) in [5.41, 5.74) is 2.51. The fraction of sp³-hybridized carbons (Fsp3) is 0.389. The molecule has 24 heavy (non-hydrogen) atoms. The van der Waals surface area contributed by atoms with Gasteiger partial charge in [0.15, 0.2) is 5.96 Å². The van der Waals surface area contributed by atoms with Crippen molar-refractivity contribution in [2.24, 2.45) is 0 Å². The van der Waals surface area contributed by atoms with Crippen LogP contribution in [-0.2, 0) is 11.3 Å². The van der Waals surface area contributed by atoms with Crippen molar-refractivity contribution in [1.82, 2.24) is 19.8 Å². The van der Waals surface area contributed by atoms with E-state index in [0.717, 1.165) is 29.6 Å². The molecule has 2 N–H and O–H groups in total. The topological polar surface area (TPSA) is 74.0 Å². The van der Waals surface area contributed by atoms with Crippen LogP contribution in [0.25, 0.3) is 11.0 Å². The quantitative estimate of drug-likeness (QED) is 0.848. The lowest BCUT2D eigenvalue weighted by Crippen LogP contribution is -2.60. The number of guanidine groups is 1. The van der Waals surface area contributed by atoms with Gasteiger partial charge < -0.3 is 9.88 Å². The highest BCUT2D eigenvalue weighted by atomic mass is 16.2. The minimum Gasteiger partial charge on any atom is -0.350 e. The third kappa shape index (κ3) is 2.98. The Morgan fingerprint density at radius 3 is 2.96 bits per heavy atom. The van der Waals surface area contributed by atoms with Gasteiger partial charge in [-0.05, 0) is 38.5 Å². The molecular weight excluding hydrogens is 302 g/mol. The Labute approximate surface area is 141 Å². The van der Waals surface area contributed by atoms with Crippen molar-refractivity contribution in [3.05, 3.63) is 30.1 Å². The summed E-state index contributed by atoms with van der Waals surface area (Å²) >= 11 is 0. The van der Waals surface area contributed by atoms with Crippen LogP contribution in [0.1, 0.15) is 32.3 Å². The van der Waals surface area contributed by atoms with Crippen molar-refractivity contribution in [3.8, 4) is 11.8 Å². The number of aromatic nitrogens is 2. The molecule has 0 bridgehead atoms. The first kappa shape index (κ1) is 16.1. The maximum atomic E-state index is 12.0. The van der Waals surface area contributed by atoms with Gasteiger partial charge >= 0.3 is 0 Å². The van der Waals surface area contributed by atoms with E-state index in [4.69, 9.17) is 5.41 Å². The van der Waals surface area contributed by atoms with Crippen LogP contribution in [0.15, 0.2) is 24.5 Å². The van der Waals surface area contributed by atoms with Crippen LogP contribution < -0.4 is 5.32 Å². The van der Waals surface area contributed by atoms with Crippen molar-refractivity contribution in [1.29, 1.82) is 5.41 Å². The Bertz CT molecular complexity index is 852. The number of fused-ring (bicyclic) bond motifs is 1. The van der Waals surface area contributed by atoms with Gasteiger partial charge in [0.1, 0.15) is 0 Å². The lowest BCUT2D eigenvalue weighted by Gasteiger charge is -2.39. The number of nitrogens with one attached hydrogen (secondary N) is 2. The Kier molecular flexibility index (Phi) is 4.02. The zero-order valence-corrected chi connectivity index (χ0v) is 14.2. The van der Waals surface area contributed by atoms with Crippen LogP contribution in [0.4, 0.5) is 0 Å². The molecule has 2 heterocycles. The molecule has 0 unspecified atom stereocenters. The summed E-state index contributed by atoms with van der Waals surface area (Å²) in [6, 6.07) is 6.00. The second-order valence-corrected chi connectivity index (χ2v) is 6.43. The van der Waals surface area contributed by atoms with Gasteiger partial charge in [-0.3, -0.25) is 15.1 Å². The summed E-state index contributed by atoms with van der Waals surface area (Å²) < 4.78 is 2.08. The average Bonchev–Trinajstić information content (AvgIpc) is 2.93. The Morgan fingerprint density at radius 1 is 1.46 bits per heavy atom. The summed E-state index contributed by atoms with van der Waals surface area (Å²) in [6.07, 6.45) is 2.94. The largest absolute Gasteiger partial charge is 0.350 e. The second-order valence-electron chi connectivity index (χ2n) is 6.43. The molecule has 1 atom stereocenters. The number of aryl methyl sites for hydroxylation is 1. The fourth-order valence-electron chi connectivity index (χ4n) is 2.97. The van der Waals surface area contributed by atoms with Crippen molar-refractivity contribution in [2.45, 2.75) is 38.8 Å². The zero-order valence-electron chi connectivity index (χ0n) is 14.2. The molecule has 0 saturated carbocycles. The van der Waals surface area contributed by atoms with E-state index in [9.17, 15) is 4.79 Å². The molecule has 6 nitrogen and oxygen atoms in total. The highest BCUT2D eigenvalue weighted by Gasteiger charge is 2.36. The van der Waals surface area contributed by atoms with Gasteiger partial charge in [0.05, 0.1) is 23.8 Å². The number of imidazole rings is 1. The first-order valence-electron chi connectivity index (χ1n) is 7.93. The summed E-state index contributed by atoms with van der Waals surface area (Å²) in [5, 5.41) is 11.0. The molecular formula is C18H21N5O. The molecule has 6 heteroatoms. The van der Waals surface area contributed by atoms with E-state index in [0.29, 0.717) is 6.42 Å². The normalized spacial score (nSPS) is 20.7. The second kappa shape index (κ2) is 6.00. The number of carbonyl (C=O) groups excluding carboxylic acids is 1. The molecule has 2 aromatic rings. The smallest absolute Gasteiger partial charge is 0.231 e. The Morgan fingerprint density at radius 2 is 2.25 bits per heavy atom. The van der Waals surface area contributed by atoms with E-state index >= 15 is 0 Å². The van der Waals surface area contributed by atoms with Crippen LogP contribution in [0.5, 0.6) is 0 Å². The highest BCUT2D eigenvalue weighted by molar-refractivity contribution is 5.98. The Hall–Kier alpha value is -2.81. The number of benzene rings is 1. The van der Waals surface area contributed by atoms with Gasteiger partial charge in [-0.1, -0.05) is 5.92 Å². The predicted octanol–water partition coefficient (Wildman–Crippen LogP) is 1.94. The predicted molar refractivity (Wildman–Crippen MR) is 93.6 cm³/mol. The van der Waals surface area contributed by atoms with Crippen LogP contribution in [0.2, 0.25) is 0 Å². The van der Waals surface area contributed by atoms with Crippen molar-refractivity contribution in [3.63, 3.8) is 0 Å². The van der Waals surface area contributed by atoms with Gasteiger partial charge in [0.25, 0.3) is 0 Å². The van der Waals surface area contributed by atoms with Crippen LogP contribution >= 0.6 is 0 Å². The lowest BCUT2D eigenvalue weighted by molar-refractivity contribution is -0.129. The van der Waals surface area contributed by atoms with Gasteiger partial charge in [-0.25, -0.2) is 4.98 Å². The standard InChI is InChI=1S/C18H21N5O/c1-4-5-13-6-7-15-14(10-13)20-12-23(15)9-8-18(2)11-16(24)22(3)17(19)21-18/h6-7,10,12H,8-9,11H2,1-3H3,(H2,19,21)/t18-/m1/s1. The molecule has 1 aromatic carbocycles. The molecule has 1 amide bonds. The van der Waals surface area contributed by atoms with Crippen molar-refractivity contribution < 1.29 is 4.79 Å². The summed E-state index contributed by atoms with van der Waals surface area (Å²) in [5.74, 6) is 6.06. The monoisotopic (exact) mass is 323 g/mol. The molecule has 1 fully saturated rings. The molecule has 1 aliphatic rings. The number of nitrogens with zero attached hydrogens (tertiary/aromatic N) is 3. The molecule has 1 aliphatic heterocycles. The summed E-state index contributed by atoms with van der Waals surface area (Å²) in [7, 11) is 1.62. The maximum Gasteiger partial charge on any atom is 0.231 e. The minimum atomic E-state index is -0.412. The third-order valence-electron chi connectivity index (χ3n) is 4.47. The average molecular weight is 323 g/mol. The lowest BCUT2D eigenvalue weighted by atomic mass is 9.91. The number of hydrogen-bond acceptors (Lipinski definition) is 3. The third-order valence-corrected chi connectivity index (χ3v) is 4.47. The van der Waals surface area contributed by atoms with Gasteiger partial charge in [-0.2, -0.15) is 0 Å². The molecule has 3 rings (SSSR count). The molecule has 0 aliphatic carbocycles. The zero-order chi connectivity index (χ0) is 17.3. The van der Waals surface area contributed by atoms with E-state index in [1.807, 2.05) is 38.4 Å². The molecule has 1 aromatic heterocycles. The van der Waals surface area contributed by atoms with E-state index in [1.54, 1.807) is 7.05 Å². The molecule has 0 spiro atoms. The molecule has 1 saturated heterocycles. The Balaban J connectivity index is 1.77.